The van der Waals surface area contributed by atoms with Crippen molar-refractivity contribution in [2.24, 2.45) is 0 Å². The topological polar surface area (TPSA) is 50.4 Å². The van der Waals surface area contributed by atoms with Crippen LogP contribution in [0.3, 0.4) is 0 Å². The van der Waals surface area contributed by atoms with E-state index >= 15 is 0 Å². The third-order valence-electron chi connectivity index (χ3n) is 4.49. The molecule has 2 aromatic rings. The highest BCUT2D eigenvalue weighted by Gasteiger charge is 2.25. The summed E-state index contributed by atoms with van der Waals surface area (Å²) in [5.74, 6) is -0.319. The smallest absolute Gasteiger partial charge is 0.341 e. The number of fused-ring (bicyclic) bond motifs is 1. The van der Waals surface area contributed by atoms with Crippen molar-refractivity contribution in [3.05, 3.63) is 49.8 Å². The first kappa shape index (κ1) is 20.4. The lowest BCUT2D eigenvalue weighted by Gasteiger charge is -2.12. The van der Waals surface area contributed by atoms with Gasteiger partial charge in [0.25, 0.3) is 0 Å². The van der Waals surface area contributed by atoms with Crippen LogP contribution in [0.5, 0.6) is 0 Å². The van der Waals surface area contributed by atoms with Gasteiger partial charge >= 0.3 is 5.97 Å². The van der Waals surface area contributed by atoms with Gasteiger partial charge in [-0.1, -0.05) is 35.7 Å². The van der Waals surface area contributed by atoms with Crippen LogP contribution in [-0.2, 0) is 24.1 Å². The van der Waals surface area contributed by atoms with Crippen molar-refractivity contribution < 1.29 is 9.53 Å². The molecule has 1 aliphatic rings. The average molecular weight is 443 g/mol. The number of rotatable bonds is 4. The number of aryl methyl sites for hydroxylation is 1. The summed E-state index contributed by atoms with van der Waals surface area (Å²) in [7, 11) is 1.41. The maximum Gasteiger partial charge on any atom is 0.341 e. The monoisotopic (exact) mass is 442 g/mol. The summed E-state index contributed by atoms with van der Waals surface area (Å²) < 4.78 is 5.01. The summed E-state index contributed by atoms with van der Waals surface area (Å²) in [4.78, 5) is 13.6. The Morgan fingerprint density at radius 3 is 2.78 bits per heavy atom. The molecule has 144 valence electrons. The van der Waals surface area contributed by atoms with Crippen molar-refractivity contribution in [1.82, 2.24) is 5.32 Å². The summed E-state index contributed by atoms with van der Waals surface area (Å²) in [5.41, 5.74) is 2.61. The Morgan fingerprint density at radius 2 is 2.04 bits per heavy atom. The van der Waals surface area contributed by atoms with E-state index in [1.807, 2.05) is 6.07 Å². The molecular weight excluding hydrogens is 423 g/mol. The molecule has 0 radical (unpaired) electrons. The minimum absolute atomic E-state index is 0.319. The van der Waals surface area contributed by atoms with E-state index in [1.165, 1.54) is 18.4 Å². The lowest BCUT2D eigenvalue weighted by molar-refractivity contribution is 0.0601. The summed E-state index contributed by atoms with van der Waals surface area (Å²) in [6, 6.07) is 5.34. The van der Waals surface area contributed by atoms with Crippen LogP contribution < -0.4 is 10.6 Å². The molecule has 27 heavy (non-hydrogen) atoms. The van der Waals surface area contributed by atoms with Gasteiger partial charge in [-0.05, 0) is 61.2 Å². The first-order chi connectivity index (χ1) is 13.0. The molecule has 1 aromatic carbocycles. The van der Waals surface area contributed by atoms with Crippen LogP contribution in [0.1, 0.15) is 45.6 Å². The van der Waals surface area contributed by atoms with Crippen LogP contribution in [0.4, 0.5) is 5.00 Å². The predicted octanol–water partition coefficient (Wildman–Crippen LogP) is 5.60. The normalized spacial score (nSPS) is 13.4. The maximum absolute atomic E-state index is 12.4. The van der Waals surface area contributed by atoms with Gasteiger partial charge in [0.15, 0.2) is 5.11 Å². The van der Waals surface area contributed by atoms with Gasteiger partial charge in [-0.25, -0.2) is 4.79 Å². The number of methoxy groups -OCH3 is 1. The predicted molar refractivity (Wildman–Crippen MR) is 116 cm³/mol. The number of esters is 1. The number of anilines is 1. The van der Waals surface area contributed by atoms with Gasteiger partial charge < -0.3 is 15.4 Å². The van der Waals surface area contributed by atoms with Crippen molar-refractivity contribution in [2.75, 3.05) is 12.4 Å². The van der Waals surface area contributed by atoms with Crippen LogP contribution in [0.2, 0.25) is 10.0 Å². The first-order valence-electron chi connectivity index (χ1n) is 8.71. The molecule has 4 nitrogen and oxygen atoms in total. The van der Waals surface area contributed by atoms with Crippen LogP contribution in [0.15, 0.2) is 18.2 Å². The third-order valence-corrected chi connectivity index (χ3v) is 6.53. The van der Waals surface area contributed by atoms with E-state index in [2.05, 4.69) is 10.6 Å². The fourth-order valence-corrected chi connectivity index (χ4v) is 5.13. The summed E-state index contributed by atoms with van der Waals surface area (Å²) in [6.45, 7) is 0.459. The van der Waals surface area contributed by atoms with Gasteiger partial charge in [-0.2, -0.15) is 0 Å². The second-order valence-electron chi connectivity index (χ2n) is 6.30. The van der Waals surface area contributed by atoms with Gasteiger partial charge in [0.05, 0.1) is 12.7 Å². The highest BCUT2D eigenvalue weighted by Crippen LogP contribution is 2.38. The lowest BCUT2D eigenvalue weighted by atomic mass is 10.1. The molecule has 0 spiro atoms. The van der Waals surface area contributed by atoms with Crippen molar-refractivity contribution in [3.8, 4) is 0 Å². The molecule has 0 bridgehead atoms. The molecule has 8 heteroatoms. The molecular formula is C19H20Cl2N2O2S2. The van der Waals surface area contributed by atoms with E-state index in [-0.39, 0.29) is 5.97 Å². The Morgan fingerprint density at radius 1 is 1.26 bits per heavy atom. The third kappa shape index (κ3) is 4.93. The van der Waals surface area contributed by atoms with Gasteiger partial charge in [0.1, 0.15) is 5.00 Å². The minimum atomic E-state index is -0.319. The summed E-state index contributed by atoms with van der Waals surface area (Å²) >= 11 is 19.1. The van der Waals surface area contributed by atoms with E-state index < -0.39 is 0 Å². The number of nitrogens with one attached hydrogen (secondary N) is 2. The van der Waals surface area contributed by atoms with Crippen LogP contribution in [-0.4, -0.2) is 18.2 Å². The molecule has 0 aliphatic heterocycles. The Bertz CT molecular complexity index is 868. The average Bonchev–Trinajstić information content (AvgIpc) is 2.81. The number of thiocarbonyl (C=S) groups is 1. The number of carbonyl (C=O) groups is 1. The number of hydrogen-bond donors (Lipinski definition) is 2. The van der Waals surface area contributed by atoms with Crippen LogP contribution in [0, 0.1) is 0 Å². The molecule has 2 N–H and O–H groups in total. The number of hydrogen-bond acceptors (Lipinski definition) is 4. The SMILES string of the molecule is COC(=O)c1c(NC(=S)NCc2ccc(Cl)cc2Cl)sc2c1CCCCC2. The zero-order valence-corrected chi connectivity index (χ0v) is 18.0. The molecule has 1 aliphatic carbocycles. The van der Waals surface area contributed by atoms with E-state index in [1.54, 1.807) is 23.5 Å². The fraction of sp³-hybridized carbons (Fsp3) is 0.368. The highest BCUT2D eigenvalue weighted by molar-refractivity contribution is 7.80. The summed E-state index contributed by atoms with van der Waals surface area (Å²) in [5, 5.41) is 8.65. The second-order valence-corrected chi connectivity index (χ2v) is 8.66. The number of benzene rings is 1. The van der Waals surface area contributed by atoms with E-state index in [9.17, 15) is 4.79 Å². The Hall–Kier alpha value is -1.34. The number of ether oxygens (including phenoxy) is 1. The maximum atomic E-state index is 12.4. The fourth-order valence-electron chi connectivity index (χ4n) is 3.14. The molecule has 0 saturated carbocycles. The Labute approximate surface area is 178 Å². The Balaban J connectivity index is 1.74. The van der Waals surface area contributed by atoms with Gasteiger partial charge in [-0.15, -0.1) is 11.3 Å². The Kier molecular flexibility index (Phi) is 6.98. The summed E-state index contributed by atoms with van der Waals surface area (Å²) in [6.07, 6.45) is 5.31. The molecule has 0 unspecified atom stereocenters. The van der Waals surface area contributed by atoms with Crippen molar-refractivity contribution in [2.45, 2.75) is 38.6 Å². The molecule has 1 aromatic heterocycles. The van der Waals surface area contributed by atoms with Crippen LogP contribution >= 0.6 is 46.8 Å². The second kappa shape index (κ2) is 9.24. The molecule has 0 amide bonds. The molecule has 0 atom stereocenters. The molecule has 1 heterocycles. The van der Waals surface area contributed by atoms with Crippen molar-refractivity contribution in [3.63, 3.8) is 0 Å². The molecule has 0 saturated heterocycles. The van der Waals surface area contributed by atoms with E-state index in [0.29, 0.717) is 27.3 Å². The van der Waals surface area contributed by atoms with E-state index in [4.69, 9.17) is 40.2 Å². The largest absolute Gasteiger partial charge is 0.465 e. The number of thiophene rings is 1. The van der Waals surface area contributed by atoms with Crippen molar-refractivity contribution in [1.29, 1.82) is 0 Å². The number of carbonyl (C=O) groups excluding carboxylic acids is 1. The standard InChI is InChI=1S/C19H20Cl2N2O2S2/c1-25-18(24)16-13-5-3-2-4-6-15(13)27-17(16)23-19(26)22-10-11-7-8-12(20)9-14(11)21/h7-9H,2-6,10H2,1H3,(H2,22,23,26). The van der Waals surface area contributed by atoms with Gasteiger partial charge in [0.2, 0.25) is 0 Å². The first-order valence-corrected chi connectivity index (χ1v) is 10.7. The van der Waals surface area contributed by atoms with E-state index in [0.717, 1.165) is 41.8 Å². The van der Waals surface area contributed by atoms with Gasteiger partial charge in [-0.3, -0.25) is 0 Å². The lowest BCUT2D eigenvalue weighted by Crippen LogP contribution is -2.28. The molecule has 0 fully saturated rings. The zero-order chi connectivity index (χ0) is 19.4. The van der Waals surface area contributed by atoms with Crippen LogP contribution in [0.25, 0.3) is 0 Å². The number of halogens is 2. The highest BCUT2D eigenvalue weighted by atomic mass is 35.5. The van der Waals surface area contributed by atoms with Crippen molar-refractivity contribution >= 4 is 62.8 Å². The quantitative estimate of drug-likeness (QED) is 0.366. The minimum Gasteiger partial charge on any atom is -0.465 e. The van der Waals surface area contributed by atoms with Gasteiger partial charge in [0, 0.05) is 21.5 Å². The molecule has 3 rings (SSSR count). The zero-order valence-electron chi connectivity index (χ0n) is 14.9.